The summed E-state index contributed by atoms with van der Waals surface area (Å²) in [6, 6.07) is 9.25. The van der Waals surface area contributed by atoms with Gasteiger partial charge in [-0.3, -0.25) is 0 Å². The molecular weight excluding hydrogens is 455 g/mol. The zero-order valence-corrected chi connectivity index (χ0v) is 17.6. The fourth-order valence-corrected chi connectivity index (χ4v) is 3.52. The summed E-state index contributed by atoms with van der Waals surface area (Å²) in [4.78, 5) is 0. The molecule has 142 valence electrons. The van der Waals surface area contributed by atoms with Gasteiger partial charge in [-0.25, -0.2) is 4.68 Å². The van der Waals surface area contributed by atoms with Crippen LogP contribution in [-0.4, -0.2) is 21.5 Å². The van der Waals surface area contributed by atoms with Crippen molar-refractivity contribution in [2.24, 2.45) is 0 Å². The average molecular weight is 472 g/mol. The maximum atomic E-state index is 6.22. The van der Waals surface area contributed by atoms with Gasteiger partial charge in [0.2, 0.25) is 0 Å². The van der Waals surface area contributed by atoms with Gasteiger partial charge in [-0.05, 0) is 52.7 Å². The first-order valence-corrected chi connectivity index (χ1v) is 9.72. The zero-order valence-electron chi connectivity index (χ0n) is 14.5. The Hall–Kier alpha value is -1.96. The topological polar surface area (TPSA) is 61.2 Å². The predicted octanol–water partition coefficient (Wildman–Crippen LogP) is 5.07. The molecule has 0 fully saturated rings. The Labute approximate surface area is 175 Å². The molecule has 0 saturated carbocycles. The van der Waals surface area contributed by atoms with Gasteiger partial charge in [0.1, 0.15) is 19.3 Å². The van der Waals surface area contributed by atoms with E-state index in [-0.39, 0.29) is 6.61 Å². The minimum atomic E-state index is 0.232. The van der Waals surface area contributed by atoms with Crippen molar-refractivity contribution >= 4 is 39.1 Å². The van der Waals surface area contributed by atoms with E-state index in [2.05, 4.69) is 31.6 Å². The van der Waals surface area contributed by atoms with E-state index in [0.29, 0.717) is 34.7 Å². The highest BCUT2D eigenvalue weighted by atomic mass is 79.9. The van der Waals surface area contributed by atoms with Crippen LogP contribution < -0.4 is 14.9 Å². The molecule has 1 N–H and O–H groups in total. The first-order valence-electron chi connectivity index (χ1n) is 8.18. The van der Waals surface area contributed by atoms with Crippen LogP contribution in [0.4, 0.5) is 0 Å². The van der Waals surface area contributed by atoms with Gasteiger partial charge >= 0.3 is 0 Å². The molecule has 0 saturated heterocycles. The first kappa shape index (κ1) is 19.8. The maximum absolute atomic E-state index is 6.22. The number of ether oxygens (including phenoxy) is 2. The van der Waals surface area contributed by atoms with Gasteiger partial charge in [0.05, 0.1) is 17.6 Å². The molecule has 9 heteroatoms. The predicted molar refractivity (Wildman–Crippen MR) is 109 cm³/mol. The molecule has 0 aliphatic heterocycles. The Morgan fingerprint density at radius 3 is 2.48 bits per heavy atom. The maximum Gasteiger partial charge on any atom is 0.175 e. The lowest BCUT2D eigenvalue weighted by atomic mass is 10.2. The summed E-state index contributed by atoms with van der Waals surface area (Å²) in [6.45, 7) is 3.23. The SMILES string of the molecule is CCOc1cc(CNn2cnnc2)cc(Br)c1OCc1c(Cl)cccc1Cl. The molecule has 1 aromatic heterocycles. The Kier molecular flexibility index (Phi) is 6.82. The van der Waals surface area contributed by atoms with Gasteiger partial charge < -0.3 is 14.9 Å². The summed E-state index contributed by atoms with van der Waals surface area (Å²) in [7, 11) is 0. The van der Waals surface area contributed by atoms with E-state index in [1.807, 2.05) is 19.1 Å². The molecule has 0 spiro atoms. The van der Waals surface area contributed by atoms with E-state index < -0.39 is 0 Å². The summed E-state index contributed by atoms with van der Waals surface area (Å²) in [5.41, 5.74) is 4.90. The number of hydrogen-bond donors (Lipinski definition) is 1. The van der Waals surface area contributed by atoms with Crippen molar-refractivity contribution in [1.29, 1.82) is 0 Å². The third-order valence-electron chi connectivity index (χ3n) is 3.68. The van der Waals surface area contributed by atoms with Gasteiger partial charge in [0.25, 0.3) is 0 Å². The quantitative estimate of drug-likeness (QED) is 0.497. The highest BCUT2D eigenvalue weighted by Crippen LogP contribution is 2.38. The second kappa shape index (κ2) is 9.30. The van der Waals surface area contributed by atoms with Crippen LogP contribution in [0.5, 0.6) is 11.5 Å². The van der Waals surface area contributed by atoms with Gasteiger partial charge in [-0.15, -0.1) is 10.2 Å². The van der Waals surface area contributed by atoms with Crippen molar-refractivity contribution in [3.05, 3.63) is 68.6 Å². The summed E-state index contributed by atoms with van der Waals surface area (Å²) >= 11 is 16.0. The van der Waals surface area contributed by atoms with Gasteiger partial charge in [-0.1, -0.05) is 29.3 Å². The van der Waals surface area contributed by atoms with E-state index in [9.17, 15) is 0 Å². The van der Waals surface area contributed by atoms with Gasteiger partial charge in [0.15, 0.2) is 11.5 Å². The number of nitrogens with zero attached hydrogens (tertiary/aromatic N) is 3. The lowest BCUT2D eigenvalue weighted by Gasteiger charge is -2.17. The minimum Gasteiger partial charge on any atom is -0.490 e. The van der Waals surface area contributed by atoms with E-state index in [0.717, 1.165) is 15.6 Å². The lowest BCUT2D eigenvalue weighted by Crippen LogP contribution is -2.12. The van der Waals surface area contributed by atoms with Crippen LogP contribution in [0.2, 0.25) is 10.0 Å². The third kappa shape index (κ3) is 5.06. The number of benzene rings is 2. The third-order valence-corrected chi connectivity index (χ3v) is 4.97. The average Bonchev–Trinajstić information content (AvgIpc) is 3.15. The summed E-state index contributed by atoms with van der Waals surface area (Å²) < 4.78 is 14.2. The Balaban J connectivity index is 1.79. The second-order valence-electron chi connectivity index (χ2n) is 5.53. The van der Waals surface area contributed by atoms with E-state index in [4.69, 9.17) is 32.7 Å². The monoisotopic (exact) mass is 470 g/mol. The molecule has 6 nitrogen and oxygen atoms in total. The Morgan fingerprint density at radius 2 is 1.81 bits per heavy atom. The molecule has 3 aromatic rings. The fraction of sp³-hybridized carbons (Fsp3) is 0.222. The van der Waals surface area contributed by atoms with Crippen molar-refractivity contribution in [3.63, 3.8) is 0 Å². The molecule has 1 heterocycles. The highest BCUT2D eigenvalue weighted by Gasteiger charge is 2.14. The molecule has 3 rings (SSSR count). The normalized spacial score (nSPS) is 10.7. The number of rotatable bonds is 8. The molecule has 27 heavy (non-hydrogen) atoms. The van der Waals surface area contributed by atoms with Crippen LogP contribution in [-0.2, 0) is 13.2 Å². The van der Waals surface area contributed by atoms with E-state index in [1.165, 1.54) is 0 Å². The molecule has 0 unspecified atom stereocenters. The highest BCUT2D eigenvalue weighted by molar-refractivity contribution is 9.10. The summed E-state index contributed by atoms with van der Waals surface area (Å²) in [5, 5.41) is 8.63. The smallest absolute Gasteiger partial charge is 0.175 e. The lowest BCUT2D eigenvalue weighted by molar-refractivity contribution is 0.267. The van der Waals surface area contributed by atoms with Crippen molar-refractivity contribution < 1.29 is 9.47 Å². The molecule has 0 atom stereocenters. The van der Waals surface area contributed by atoms with Gasteiger partial charge in [0, 0.05) is 15.6 Å². The van der Waals surface area contributed by atoms with Crippen LogP contribution in [0.3, 0.4) is 0 Å². The first-order chi connectivity index (χ1) is 13.1. The van der Waals surface area contributed by atoms with Crippen molar-refractivity contribution in [1.82, 2.24) is 14.9 Å². The van der Waals surface area contributed by atoms with Crippen LogP contribution in [0.15, 0.2) is 47.5 Å². The van der Waals surface area contributed by atoms with Gasteiger partial charge in [-0.2, -0.15) is 0 Å². The van der Waals surface area contributed by atoms with Crippen LogP contribution >= 0.6 is 39.1 Å². The molecule has 2 aromatic carbocycles. The van der Waals surface area contributed by atoms with Crippen molar-refractivity contribution in [2.45, 2.75) is 20.1 Å². The van der Waals surface area contributed by atoms with E-state index >= 15 is 0 Å². The molecule has 0 bridgehead atoms. The van der Waals surface area contributed by atoms with Crippen LogP contribution in [0.25, 0.3) is 0 Å². The minimum absolute atomic E-state index is 0.232. The standard InChI is InChI=1S/C18H17BrCl2N4O2/c1-2-26-17-7-12(8-24-25-10-22-23-11-25)6-14(19)18(17)27-9-13-15(20)4-3-5-16(13)21/h3-7,10-11,24H,2,8-9H2,1H3. The second-order valence-corrected chi connectivity index (χ2v) is 7.20. The number of nitrogens with one attached hydrogen (secondary N) is 1. The largest absolute Gasteiger partial charge is 0.490 e. The zero-order chi connectivity index (χ0) is 19.2. The summed E-state index contributed by atoms with van der Waals surface area (Å²) in [6.07, 6.45) is 3.17. The Bertz CT molecular complexity index is 886. The Morgan fingerprint density at radius 1 is 1.11 bits per heavy atom. The van der Waals surface area contributed by atoms with E-state index in [1.54, 1.807) is 35.5 Å². The number of hydrogen-bond acceptors (Lipinski definition) is 5. The molecular formula is C18H17BrCl2N4O2. The molecule has 0 radical (unpaired) electrons. The van der Waals surface area contributed by atoms with Crippen molar-refractivity contribution in [3.8, 4) is 11.5 Å². The molecule has 0 aliphatic rings. The molecule has 0 amide bonds. The molecule has 0 aliphatic carbocycles. The fourth-order valence-electron chi connectivity index (χ4n) is 2.41. The van der Waals surface area contributed by atoms with Crippen LogP contribution in [0, 0.1) is 0 Å². The number of aromatic nitrogens is 3. The summed E-state index contributed by atoms with van der Waals surface area (Å²) in [5.74, 6) is 1.23. The number of halogens is 3. The van der Waals surface area contributed by atoms with Crippen LogP contribution in [0.1, 0.15) is 18.1 Å². The van der Waals surface area contributed by atoms with Crippen molar-refractivity contribution in [2.75, 3.05) is 12.0 Å².